The van der Waals surface area contributed by atoms with Crippen molar-refractivity contribution in [2.45, 2.75) is 20.3 Å². The van der Waals surface area contributed by atoms with Crippen LogP contribution in [-0.2, 0) is 9.53 Å². The fourth-order valence-corrected chi connectivity index (χ4v) is 0.318. The minimum Gasteiger partial charge on any atom is -0.462 e. The first-order chi connectivity index (χ1) is 5.91. The molecule has 0 atom stereocenters. The fourth-order valence-electron chi connectivity index (χ4n) is 0.318. The highest BCUT2D eigenvalue weighted by molar-refractivity contribution is 5.86. The molecule has 0 aromatic rings. The van der Waals surface area contributed by atoms with E-state index in [0.717, 1.165) is 6.42 Å². The van der Waals surface area contributed by atoms with Gasteiger partial charge in [-0.1, -0.05) is 13.5 Å². The number of nitrogens with one attached hydrogen (secondary N) is 1. The minimum absolute atomic E-state index is 0.295. The van der Waals surface area contributed by atoms with E-state index >= 15 is 0 Å². The second-order valence-electron chi connectivity index (χ2n) is 3.42. The number of hydrogen-bond acceptors (Lipinski definition) is 2. The molecule has 0 heterocycles. The summed E-state index contributed by atoms with van der Waals surface area (Å²) in [7, 11) is 6.25. The lowest BCUT2D eigenvalue weighted by atomic mass is 10.4. The lowest BCUT2D eigenvalue weighted by Crippen LogP contribution is -3.02. The minimum atomic E-state index is -0.295. The van der Waals surface area contributed by atoms with Crippen molar-refractivity contribution in [2.75, 3.05) is 27.7 Å². The van der Waals surface area contributed by atoms with Crippen LogP contribution in [0.15, 0.2) is 12.2 Å². The van der Waals surface area contributed by atoms with Crippen LogP contribution in [-0.4, -0.2) is 33.7 Å². The molecule has 0 bridgehead atoms. The smallest absolute Gasteiger partial charge is 0.333 e. The molecule has 0 rings (SSSR count). The normalized spacial score (nSPS) is 8.77. The average molecular weight is 188 g/mol. The third-order valence-corrected chi connectivity index (χ3v) is 0.786. The van der Waals surface area contributed by atoms with Crippen molar-refractivity contribution in [1.82, 2.24) is 0 Å². The Kier molecular flexibility index (Phi) is 10.5. The molecule has 0 aromatic heterocycles. The van der Waals surface area contributed by atoms with E-state index in [4.69, 9.17) is 4.74 Å². The zero-order valence-electron chi connectivity index (χ0n) is 9.44. The highest BCUT2D eigenvalue weighted by Crippen LogP contribution is 1.91. The van der Waals surface area contributed by atoms with E-state index in [2.05, 4.69) is 27.7 Å². The highest BCUT2D eigenvalue weighted by atomic mass is 16.5. The van der Waals surface area contributed by atoms with Crippen molar-refractivity contribution < 1.29 is 14.4 Å². The zero-order valence-corrected chi connectivity index (χ0v) is 9.44. The maximum Gasteiger partial charge on any atom is 0.333 e. The van der Waals surface area contributed by atoms with Crippen molar-refractivity contribution >= 4 is 5.97 Å². The van der Waals surface area contributed by atoms with E-state index in [0.29, 0.717) is 12.2 Å². The number of hydrogen-bond donors (Lipinski definition) is 1. The largest absolute Gasteiger partial charge is 0.462 e. The van der Waals surface area contributed by atoms with Gasteiger partial charge in [0.05, 0.1) is 27.7 Å². The van der Waals surface area contributed by atoms with Crippen molar-refractivity contribution in [3.8, 4) is 0 Å². The van der Waals surface area contributed by atoms with Gasteiger partial charge in [-0.2, -0.15) is 0 Å². The molecule has 0 radical (unpaired) electrons. The van der Waals surface area contributed by atoms with Crippen molar-refractivity contribution in [2.24, 2.45) is 0 Å². The van der Waals surface area contributed by atoms with E-state index in [1.165, 1.54) is 4.90 Å². The SMILES string of the molecule is C=C(C)C(=O)OCCC.C[NH+](C)C. The Morgan fingerprint density at radius 1 is 1.38 bits per heavy atom. The van der Waals surface area contributed by atoms with Crippen LogP contribution in [0.25, 0.3) is 0 Å². The van der Waals surface area contributed by atoms with E-state index in [-0.39, 0.29) is 5.97 Å². The van der Waals surface area contributed by atoms with Gasteiger partial charge in [0.25, 0.3) is 0 Å². The summed E-state index contributed by atoms with van der Waals surface area (Å²) in [6.45, 7) is 7.51. The number of rotatable bonds is 3. The Bertz CT molecular complexity index is 150. The molecule has 0 spiro atoms. The van der Waals surface area contributed by atoms with Gasteiger partial charge in [-0.15, -0.1) is 0 Å². The summed E-state index contributed by atoms with van der Waals surface area (Å²) < 4.78 is 4.71. The van der Waals surface area contributed by atoms with Gasteiger partial charge < -0.3 is 9.64 Å². The molecule has 3 heteroatoms. The van der Waals surface area contributed by atoms with Crippen LogP contribution in [0.2, 0.25) is 0 Å². The van der Waals surface area contributed by atoms with Crippen LogP contribution >= 0.6 is 0 Å². The van der Waals surface area contributed by atoms with E-state index in [1.54, 1.807) is 6.92 Å². The van der Waals surface area contributed by atoms with Gasteiger partial charge in [-0.05, 0) is 13.3 Å². The Morgan fingerprint density at radius 3 is 2.00 bits per heavy atom. The first-order valence-electron chi connectivity index (χ1n) is 4.51. The lowest BCUT2D eigenvalue weighted by Gasteiger charge is -1.99. The van der Waals surface area contributed by atoms with Gasteiger partial charge in [0.1, 0.15) is 0 Å². The van der Waals surface area contributed by atoms with Crippen molar-refractivity contribution in [3.63, 3.8) is 0 Å². The number of esters is 1. The van der Waals surface area contributed by atoms with Gasteiger partial charge in [-0.25, -0.2) is 4.79 Å². The molecule has 0 fully saturated rings. The third kappa shape index (κ3) is 18.3. The fraction of sp³-hybridized carbons (Fsp3) is 0.700. The predicted molar refractivity (Wildman–Crippen MR) is 54.8 cm³/mol. The Hall–Kier alpha value is -0.830. The van der Waals surface area contributed by atoms with Crippen molar-refractivity contribution in [1.29, 1.82) is 0 Å². The molecule has 0 aliphatic carbocycles. The van der Waals surface area contributed by atoms with Crippen LogP contribution in [0.4, 0.5) is 0 Å². The van der Waals surface area contributed by atoms with Crippen LogP contribution in [0.3, 0.4) is 0 Å². The Labute approximate surface area is 81.4 Å². The molecule has 78 valence electrons. The molecule has 0 aliphatic rings. The summed E-state index contributed by atoms with van der Waals surface area (Å²) in [5, 5.41) is 0. The summed E-state index contributed by atoms with van der Waals surface area (Å²) in [6.07, 6.45) is 0.860. The van der Waals surface area contributed by atoms with Gasteiger partial charge >= 0.3 is 5.97 Å². The standard InChI is InChI=1S/C7H12O2.C3H9N/c1-4-5-9-7(8)6(2)3;1-4(2)3/h2,4-5H2,1,3H3;1-3H3/p+1. The molecule has 0 saturated heterocycles. The van der Waals surface area contributed by atoms with Crippen LogP contribution in [0, 0.1) is 0 Å². The quantitative estimate of drug-likeness (QED) is 0.509. The topological polar surface area (TPSA) is 30.7 Å². The maximum absolute atomic E-state index is 10.6. The van der Waals surface area contributed by atoms with Gasteiger partial charge in [0, 0.05) is 5.57 Å². The van der Waals surface area contributed by atoms with E-state index in [9.17, 15) is 4.79 Å². The van der Waals surface area contributed by atoms with Gasteiger partial charge in [0.15, 0.2) is 0 Å². The monoisotopic (exact) mass is 188 g/mol. The molecule has 0 amide bonds. The number of carbonyl (C=O) groups is 1. The third-order valence-electron chi connectivity index (χ3n) is 0.786. The molecule has 0 aromatic carbocycles. The average Bonchev–Trinajstić information content (AvgIpc) is 1.98. The van der Waals surface area contributed by atoms with Gasteiger partial charge in [-0.3, -0.25) is 0 Å². The zero-order chi connectivity index (χ0) is 10.9. The summed E-state index contributed by atoms with van der Waals surface area (Å²) >= 11 is 0. The summed E-state index contributed by atoms with van der Waals surface area (Å²) in [4.78, 5) is 12.0. The highest BCUT2D eigenvalue weighted by Gasteiger charge is 1.99. The summed E-state index contributed by atoms with van der Waals surface area (Å²) in [5.74, 6) is -0.295. The Morgan fingerprint density at radius 2 is 1.77 bits per heavy atom. The summed E-state index contributed by atoms with van der Waals surface area (Å²) in [6, 6.07) is 0. The molecule has 1 N–H and O–H groups in total. The molecule has 0 aliphatic heterocycles. The number of quaternary nitrogens is 1. The van der Waals surface area contributed by atoms with E-state index in [1.807, 2.05) is 6.92 Å². The first-order valence-corrected chi connectivity index (χ1v) is 4.51. The lowest BCUT2D eigenvalue weighted by molar-refractivity contribution is -0.836. The molecule has 3 nitrogen and oxygen atoms in total. The molecular formula is C10H22NO2+. The number of carbonyl (C=O) groups excluding carboxylic acids is 1. The van der Waals surface area contributed by atoms with Crippen molar-refractivity contribution in [3.05, 3.63) is 12.2 Å². The van der Waals surface area contributed by atoms with Gasteiger partial charge in [0.2, 0.25) is 0 Å². The molecule has 0 saturated carbocycles. The first kappa shape index (κ1) is 14.7. The van der Waals surface area contributed by atoms with Crippen LogP contribution in [0.5, 0.6) is 0 Å². The molecular weight excluding hydrogens is 166 g/mol. The second-order valence-corrected chi connectivity index (χ2v) is 3.42. The molecule has 13 heavy (non-hydrogen) atoms. The van der Waals surface area contributed by atoms with Crippen LogP contribution < -0.4 is 4.90 Å². The summed E-state index contributed by atoms with van der Waals surface area (Å²) in [5.41, 5.74) is 0.462. The van der Waals surface area contributed by atoms with E-state index < -0.39 is 0 Å². The second kappa shape index (κ2) is 9.26. The maximum atomic E-state index is 10.6. The van der Waals surface area contributed by atoms with Crippen LogP contribution in [0.1, 0.15) is 20.3 Å². The number of ether oxygens (including phenoxy) is 1. The molecule has 0 unspecified atom stereocenters. The Balaban J connectivity index is 0. The predicted octanol–water partition coefficient (Wildman–Crippen LogP) is 0.276.